The summed E-state index contributed by atoms with van der Waals surface area (Å²) in [4.78, 5) is 17.9. The summed E-state index contributed by atoms with van der Waals surface area (Å²) in [6.07, 6.45) is 0.652. The molecule has 0 amide bonds. The highest BCUT2D eigenvalue weighted by atomic mass is 79.9. The van der Waals surface area contributed by atoms with Gasteiger partial charge in [0.2, 0.25) is 5.89 Å². The second kappa shape index (κ2) is 8.54. The van der Waals surface area contributed by atoms with Gasteiger partial charge in [-0.25, -0.2) is 4.98 Å². The Balaban J connectivity index is 0.00000240. The molecule has 1 unspecified atom stereocenters. The van der Waals surface area contributed by atoms with E-state index in [1.54, 1.807) is 6.07 Å². The lowest BCUT2D eigenvalue weighted by Crippen LogP contribution is -2.22. The lowest BCUT2D eigenvalue weighted by molar-refractivity contribution is -0.141. The molecular formula is C21H19BrClN3O3. The van der Waals surface area contributed by atoms with Crippen molar-refractivity contribution in [2.45, 2.75) is 19.9 Å². The van der Waals surface area contributed by atoms with Gasteiger partial charge in [-0.15, -0.1) is 12.4 Å². The first-order chi connectivity index (χ1) is 13.5. The third-order valence-corrected chi connectivity index (χ3v) is 6.06. The number of oxazole rings is 1. The van der Waals surface area contributed by atoms with E-state index in [0.717, 1.165) is 27.7 Å². The Morgan fingerprint density at radius 3 is 2.93 bits per heavy atom. The van der Waals surface area contributed by atoms with Gasteiger partial charge in [0.1, 0.15) is 11.6 Å². The number of likely N-dealkylation sites (tertiary alicyclic amines) is 1. The molecule has 1 aliphatic heterocycles. The zero-order chi connectivity index (χ0) is 19.8. The highest BCUT2D eigenvalue weighted by Crippen LogP contribution is 2.32. The number of carboxylic acid groups (broad SMARTS) is 1. The number of nitriles is 1. The molecule has 0 spiro atoms. The molecule has 29 heavy (non-hydrogen) atoms. The fourth-order valence-corrected chi connectivity index (χ4v) is 4.02. The number of nitrogens with zero attached hydrogens (tertiary/aromatic N) is 3. The minimum atomic E-state index is -0.749. The molecule has 1 fully saturated rings. The quantitative estimate of drug-likeness (QED) is 0.583. The topological polar surface area (TPSA) is 90.4 Å². The van der Waals surface area contributed by atoms with Crippen LogP contribution in [0.1, 0.15) is 23.1 Å². The molecule has 1 aromatic heterocycles. The highest BCUT2D eigenvalue weighted by Gasteiger charge is 2.28. The van der Waals surface area contributed by atoms with Crippen LogP contribution in [-0.4, -0.2) is 34.0 Å². The van der Waals surface area contributed by atoms with E-state index in [-0.39, 0.29) is 18.3 Å². The van der Waals surface area contributed by atoms with Gasteiger partial charge in [0.25, 0.3) is 0 Å². The van der Waals surface area contributed by atoms with Crippen molar-refractivity contribution in [3.8, 4) is 17.5 Å². The first-order valence-corrected chi connectivity index (χ1v) is 9.79. The number of fused-ring (bicyclic) bond motifs is 1. The van der Waals surface area contributed by atoms with Gasteiger partial charge in [-0.3, -0.25) is 9.69 Å². The second-order valence-corrected chi connectivity index (χ2v) is 7.95. The summed E-state index contributed by atoms with van der Waals surface area (Å²) in [5, 5.41) is 18.8. The average Bonchev–Trinajstić information content (AvgIpc) is 3.30. The summed E-state index contributed by atoms with van der Waals surface area (Å²) in [6, 6.07) is 11.7. The minimum Gasteiger partial charge on any atom is -0.481 e. The summed E-state index contributed by atoms with van der Waals surface area (Å²) in [5.74, 6) is -0.590. The Bertz CT molecular complexity index is 1120. The summed E-state index contributed by atoms with van der Waals surface area (Å²) < 4.78 is 6.91. The van der Waals surface area contributed by atoms with Crippen molar-refractivity contribution in [2.24, 2.45) is 5.92 Å². The van der Waals surface area contributed by atoms with Crippen molar-refractivity contribution in [3.05, 3.63) is 51.5 Å². The normalized spacial score (nSPS) is 16.5. The van der Waals surface area contributed by atoms with E-state index < -0.39 is 5.97 Å². The van der Waals surface area contributed by atoms with Crippen LogP contribution in [0.15, 0.2) is 39.2 Å². The Hall–Kier alpha value is -2.40. The Morgan fingerprint density at radius 2 is 2.24 bits per heavy atom. The molecule has 6 nitrogen and oxygen atoms in total. The van der Waals surface area contributed by atoms with Crippen LogP contribution in [0.2, 0.25) is 0 Å². The molecule has 150 valence electrons. The van der Waals surface area contributed by atoms with Crippen LogP contribution < -0.4 is 0 Å². The van der Waals surface area contributed by atoms with E-state index in [9.17, 15) is 15.2 Å². The number of hydrogen-bond acceptors (Lipinski definition) is 5. The molecule has 0 saturated carbocycles. The van der Waals surface area contributed by atoms with E-state index in [2.05, 4.69) is 31.9 Å². The molecule has 1 saturated heterocycles. The Labute approximate surface area is 182 Å². The SMILES string of the molecule is Cc1c(Br)cccc1-c1nc2cc(CN3CCC(C(=O)O)C3)cc(C#N)c2o1.Cl. The molecule has 3 aromatic rings. The smallest absolute Gasteiger partial charge is 0.307 e. The summed E-state index contributed by atoms with van der Waals surface area (Å²) in [7, 11) is 0. The van der Waals surface area contributed by atoms with Gasteiger partial charge in [-0.05, 0) is 55.3 Å². The first-order valence-electron chi connectivity index (χ1n) is 9.00. The van der Waals surface area contributed by atoms with Crippen molar-refractivity contribution in [1.82, 2.24) is 9.88 Å². The maximum absolute atomic E-state index is 11.2. The molecule has 0 aliphatic carbocycles. The molecule has 2 heterocycles. The van der Waals surface area contributed by atoms with Gasteiger partial charge in [0.15, 0.2) is 5.58 Å². The number of halogens is 2. The van der Waals surface area contributed by atoms with Crippen molar-refractivity contribution in [3.63, 3.8) is 0 Å². The third kappa shape index (κ3) is 4.15. The van der Waals surface area contributed by atoms with E-state index in [1.165, 1.54) is 0 Å². The molecule has 0 radical (unpaired) electrons. The first kappa shape index (κ1) is 21.3. The van der Waals surface area contributed by atoms with Crippen molar-refractivity contribution in [1.29, 1.82) is 5.26 Å². The molecule has 1 N–H and O–H groups in total. The number of rotatable bonds is 4. The van der Waals surface area contributed by atoms with Gasteiger partial charge in [0, 0.05) is 23.1 Å². The van der Waals surface area contributed by atoms with Gasteiger partial charge >= 0.3 is 5.97 Å². The molecule has 1 aliphatic rings. The molecule has 0 bridgehead atoms. The minimum absolute atomic E-state index is 0. The monoisotopic (exact) mass is 475 g/mol. The third-order valence-electron chi connectivity index (χ3n) is 5.20. The zero-order valence-electron chi connectivity index (χ0n) is 15.7. The average molecular weight is 477 g/mol. The molecule has 4 rings (SSSR count). The molecular weight excluding hydrogens is 458 g/mol. The lowest BCUT2D eigenvalue weighted by Gasteiger charge is -2.15. The fourth-order valence-electron chi connectivity index (χ4n) is 3.66. The summed E-state index contributed by atoms with van der Waals surface area (Å²) in [6.45, 7) is 3.83. The van der Waals surface area contributed by atoms with Crippen molar-refractivity contribution in [2.75, 3.05) is 13.1 Å². The maximum atomic E-state index is 11.2. The van der Waals surface area contributed by atoms with Gasteiger partial charge in [0.05, 0.1) is 11.5 Å². The number of aliphatic carboxylic acids is 1. The van der Waals surface area contributed by atoms with E-state index in [0.29, 0.717) is 42.1 Å². The summed E-state index contributed by atoms with van der Waals surface area (Å²) >= 11 is 3.52. The molecule has 8 heteroatoms. The number of benzene rings is 2. The van der Waals surface area contributed by atoms with Gasteiger partial charge < -0.3 is 9.52 Å². The van der Waals surface area contributed by atoms with Crippen LogP contribution >= 0.6 is 28.3 Å². The molecule has 1 atom stereocenters. The standard InChI is InChI=1S/C21H18BrN3O3.ClH/c1-12-16(3-2-4-17(12)22)20-24-18-8-13(7-15(9-23)19(18)28-20)10-25-6-5-14(11-25)21(26)27;/h2-4,7-8,14H,5-6,10-11H2,1H3,(H,26,27);1H. The number of carbonyl (C=O) groups is 1. The number of aromatic nitrogens is 1. The van der Waals surface area contributed by atoms with Crippen molar-refractivity contribution < 1.29 is 14.3 Å². The van der Waals surface area contributed by atoms with E-state index in [1.807, 2.05) is 31.2 Å². The lowest BCUT2D eigenvalue weighted by atomic mass is 10.1. The summed E-state index contributed by atoms with van der Waals surface area (Å²) in [5.41, 5.74) is 4.38. The van der Waals surface area contributed by atoms with Crippen LogP contribution in [-0.2, 0) is 11.3 Å². The predicted octanol–water partition coefficient (Wildman–Crippen LogP) is 4.77. The number of hydrogen-bond donors (Lipinski definition) is 1. The molecule has 2 aromatic carbocycles. The highest BCUT2D eigenvalue weighted by molar-refractivity contribution is 9.10. The number of carboxylic acids is 1. The fraction of sp³-hybridized carbons (Fsp3) is 0.286. The second-order valence-electron chi connectivity index (χ2n) is 7.09. The van der Waals surface area contributed by atoms with Crippen LogP contribution in [0, 0.1) is 24.2 Å². The van der Waals surface area contributed by atoms with Crippen LogP contribution in [0.5, 0.6) is 0 Å². The van der Waals surface area contributed by atoms with Crippen molar-refractivity contribution >= 4 is 45.4 Å². The zero-order valence-corrected chi connectivity index (χ0v) is 18.1. The van der Waals surface area contributed by atoms with Crippen LogP contribution in [0.3, 0.4) is 0 Å². The maximum Gasteiger partial charge on any atom is 0.307 e. The van der Waals surface area contributed by atoms with Crippen LogP contribution in [0.25, 0.3) is 22.6 Å². The van der Waals surface area contributed by atoms with E-state index >= 15 is 0 Å². The van der Waals surface area contributed by atoms with Crippen LogP contribution in [0.4, 0.5) is 0 Å². The van der Waals surface area contributed by atoms with Gasteiger partial charge in [-0.2, -0.15) is 5.26 Å². The van der Waals surface area contributed by atoms with Gasteiger partial charge in [-0.1, -0.05) is 22.0 Å². The van der Waals surface area contributed by atoms with E-state index in [4.69, 9.17) is 4.42 Å². The Kier molecular flexibility index (Phi) is 6.27. The predicted molar refractivity (Wildman–Crippen MR) is 115 cm³/mol. The Morgan fingerprint density at radius 1 is 1.45 bits per heavy atom. The largest absolute Gasteiger partial charge is 0.481 e.